The van der Waals surface area contributed by atoms with Gasteiger partial charge in [0.15, 0.2) is 0 Å². The van der Waals surface area contributed by atoms with Crippen LogP contribution in [0.25, 0.3) is 0 Å². The van der Waals surface area contributed by atoms with Gasteiger partial charge in [0.2, 0.25) is 11.8 Å². The molecule has 2 amide bonds. The predicted octanol–water partition coefficient (Wildman–Crippen LogP) is 2.01. The quantitative estimate of drug-likeness (QED) is 0.293. The minimum Gasteiger partial charge on any atom is -0.291 e. The lowest BCUT2D eigenvalue weighted by atomic mass is 10.0. The van der Waals surface area contributed by atoms with Crippen molar-refractivity contribution in [1.82, 2.24) is 21.7 Å². The molecule has 0 aromatic heterocycles. The molecule has 9 heteroatoms. The van der Waals surface area contributed by atoms with Crippen molar-refractivity contribution in [2.24, 2.45) is 11.8 Å². The maximum Gasteiger partial charge on any atom is 0.270 e. The van der Waals surface area contributed by atoms with E-state index >= 15 is 0 Å². The van der Waals surface area contributed by atoms with Gasteiger partial charge in [0.25, 0.3) is 5.69 Å². The Morgan fingerprint density at radius 2 is 1.31 bits per heavy atom. The van der Waals surface area contributed by atoms with E-state index in [1.807, 2.05) is 0 Å². The second kappa shape index (κ2) is 12.8. The summed E-state index contributed by atoms with van der Waals surface area (Å²) in [6.45, 7) is 9.55. The first-order chi connectivity index (χ1) is 13.7. The summed E-state index contributed by atoms with van der Waals surface area (Å²) in [6, 6.07) is 4.36. The van der Waals surface area contributed by atoms with E-state index < -0.39 is 4.92 Å². The molecule has 0 saturated heterocycles. The largest absolute Gasteiger partial charge is 0.291 e. The van der Waals surface area contributed by atoms with Gasteiger partial charge in [-0.3, -0.25) is 30.6 Å². The van der Waals surface area contributed by atoms with Crippen LogP contribution in [0, 0.1) is 22.0 Å². The zero-order valence-electron chi connectivity index (χ0n) is 17.7. The van der Waals surface area contributed by atoms with Crippen molar-refractivity contribution >= 4 is 17.5 Å². The number of hydrazine groups is 2. The fourth-order valence-electron chi connectivity index (χ4n) is 2.45. The van der Waals surface area contributed by atoms with Crippen LogP contribution < -0.4 is 21.7 Å². The highest BCUT2D eigenvalue weighted by atomic mass is 16.6. The number of nitrogens with one attached hydrogen (secondary N) is 4. The molecule has 0 aliphatic carbocycles. The molecule has 0 radical (unpaired) electrons. The second-order valence-corrected chi connectivity index (χ2v) is 7.50. The third kappa shape index (κ3) is 10.00. The van der Waals surface area contributed by atoms with Crippen molar-refractivity contribution in [2.45, 2.75) is 53.4 Å². The molecule has 29 heavy (non-hydrogen) atoms. The number of non-ortho nitro benzene ring substituents is 1. The smallest absolute Gasteiger partial charge is 0.270 e. The summed E-state index contributed by atoms with van der Waals surface area (Å²) < 4.78 is 0. The van der Waals surface area contributed by atoms with Crippen LogP contribution in [0.3, 0.4) is 0 Å². The van der Waals surface area contributed by atoms with Crippen molar-refractivity contribution in [2.75, 3.05) is 13.1 Å². The van der Waals surface area contributed by atoms with E-state index in [0.717, 1.165) is 12.8 Å². The standard InChI is InChI=1S/C20H33N5O4/c1-5-14(3)12-21-23-19(26)10-16-7-17(9-18(8-16)25(28)29)11-20(27)24-22-13-15(4)6-2/h7-9,14-15,21-22H,5-6,10-13H2,1-4H3,(H,23,26)(H,24,27). The van der Waals surface area contributed by atoms with E-state index in [0.29, 0.717) is 36.1 Å². The van der Waals surface area contributed by atoms with Crippen LogP contribution in [0.5, 0.6) is 0 Å². The normalized spacial score (nSPS) is 12.8. The van der Waals surface area contributed by atoms with Crippen molar-refractivity contribution in [1.29, 1.82) is 0 Å². The Balaban J connectivity index is 2.70. The molecule has 0 bridgehead atoms. The Kier molecular flexibility index (Phi) is 10.9. The Hall–Kier alpha value is -2.52. The van der Waals surface area contributed by atoms with Gasteiger partial charge in [-0.15, -0.1) is 0 Å². The van der Waals surface area contributed by atoms with E-state index in [1.165, 1.54) is 12.1 Å². The molecule has 2 unspecified atom stereocenters. The lowest BCUT2D eigenvalue weighted by molar-refractivity contribution is -0.385. The lowest BCUT2D eigenvalue weighted by Gasteiger charge is -2.12. The summed E-state index contributed by atoms with van der Waals surface area (Å²) in [7, 11) is 0. The zero-order valence-corrected chi connectivity index (χ0v) is 17.7. The molecule has 0 aliphatic rings. The SMILES string of the molecule is CCC(C)CNNC(=O)Cc1cc(CC(=O)NNCC(C)CC)cc([N+](=O)[O-])c1. The Morgan fingerprint density at radius 3 is 1.66 bits per heavy atom. The maximum atomic E-state index is 12.1. The molecule has 1 aromatic carbocycles. The van der Waals surface area contributed by atoms with Gasteiger partial charge in [0.05, 0.1) is 17.8 Å². The molecule has 0 saturated carbocycles. The van der Waals surface area contributed by atoms with Crippen molar-refractivity contribution in [3.63, 3.8) is 0 Å². The number of amides is 2. The zero-order chi connectivity index (χ0) is 21.8. The second-order valence-electron chi connectivity index (χ2n) is 7.50. The van der Waals surface area contributed by atoms with Crippen LogP contribution in [-0.4, -0.2) is 29.8 Å². The van der Waals surface area contributed by atoms with Crippen LogP contribution in [-0.2, 0) is 22.4 Å². The number of carbonyl (C=O) groups excluding carboxylic acids is 2. The lowest BCUT2D eigenvalue weighted by Crippen LogP contribution is -2.40. The summed E-state index contributed by atoms with van der Waals surface area (Å²) in [4.78, 5) is 34.9. The summed E-state index contributed by atoms with van der Waals surface area (Å²) in [5.41, 5.74) is 11.8. The number of benzene rings is 1. The van der Waals surface area contributed by atoms with E-state index in [-0.39, 0.29) is 30.3 Å². The maximum absolute atomic E-state index is 12.1. The minimum atomic E-state index is -0.523. The molecule has 162 valence electrons. The monoisotopic (exact) mass is 407 g/mol. The number of hydrogen-bond donors (Lipinski definition) is 4. The first kappa shape index (κ1) is 24.5. The van der Waals surface area contributed by atoms with E-state index in [1.54, 1.807) is 6.07 Å². The van der Waals surface area contributed by atoms with Crippen LogP contribution in [0.1, 0.15) is 51.7 Å². The number of hydrogen-bond acceptors (Lipinski definition) is 6. The topological polar surface area (TPSA) is 125 Å². The molecule has 0 fully saturated rings. The number of nitrogens with zero attached hydrogens (tertiary/aromatic N) is 1. The van der Waals surface area contributed by atoms with E-state index in [9.17, 15) is 19.7 Å². The summed E-state index contributed by atoms with van der Waals surface area (Å²) >= 11 is 0. The Morgan fingerprint density at radius 1 is 0.897 bits per heavy atom. The van der Waals surface area contributed by atoms with Crippen LogP contribution in [0.4, 0.5) is 5.69 Å². The summed E-state index contributed by atoms with van der Waals surface area (Å²) in [5.74, 6) is 0.262. The highest BCUT2D eigenvalue weighted by molar-refractivity contribution is 5.80. The van der Waals surface area contributed by atoms with Crippen molar-refractivity contribution in [3.05, 3.63) is 39.4 Å². The van der Waals surface area contributed by atoms with Crippen molar-refractivity contribution in [3.8, 4) is 0 Å². The first-order valence-electron chi connectivity index (χ1n) is 10.1. The third-order valence-electron chi connectivity index (χ3n) is 4.73. The van der Waals surface area contributed by atoms with E-state index in [2.05, 4.69) is 49.4 Å². The molecule has 9 nitrogen and oxygen atoms in total. The molecule has 0 aliphatic heterocycles. The minimum absolute atomic E-state index is 0.0178. The third-order valence-corrected chi connectivity index (χ3v) is 4.73. The van der Waals surface area contributed by atoms with Gasteiger partial charge < -0.3 is 0 Å². The fourth-order valence-corrected chi connectivity index (χ4v) is 2.45. The summed E-state index contributed by atoms with van der Waals surface area (Å²) in [5, 5.41) is 11.2. The van der Waals surface area contributed by atoms with Gasteiger partial charge in [0.1, 0.15) is 0 Å². The highest BCUT2D eigenvalue weighted by Crippen LogP contribution is 2.18. The fraction of sp³-hybridized carbons (Fsp3) is 0.600. The van der Waals surface area contributed by atoms with Gasteiger partial charge in [-0.05, 0) is 23.0 Å². The van der Waals surface area contributed by atoms with Crippen molar-refractivity contribution < 1.29 is 14.5 Å². The molecule has 1 aromatic rings. The number of nitro groups is 1. The molecule has 4 N–H and O–H groups in total. The first-order valence-corrected chi connectivity index (χ1v) is 10.1. The van der Waals surface area contributed by atoms with Gasteiger partial charge in [-0.25, -0.2) is 10.9 Å². The van der Waals surface area contributed by atoms with Crippen LogP contribution in [0.15, 0.2) is 18.2 Å². The average molecular weight is 408 g/mol. The van der Waals surface area contributed by atoms with Gasteiger partial charge in [-0.2, -0.15) is 0 Å². The number of nitro benzene ring substituents is 1. The number of rotatable bonds is 13. The Labute approximate surface area is 172 Å². The molecule has 0 heterocycles. The van der Waals surface area contributed by atoms with Crippen LogP contribution >= 0.6 is 0 Å². The molecular weight excluding hydrogens is 374 g/mol. The highest BCUT2D eigenvalue weighted by Gasteiger charge is 2.14. The van der Waals surface area contributed by atoms with Crippen LogP contribution in [0.2, 0.25) is 0 Å². The summed E-state index contributed by atoms with van der Waals surface area (Å²) in [6.07, 6.45) is 1.95. The Bertz CT molecular complexity index is 647. The van der Waals surface area contributed by atoms with Gasteiger partial charge in [0, 0.05) is 25.2 Å². The predicted molar refractivity (Wildman–Crippen MR) is 112 cm³/mol. The van der Waals surface area contributed by atoms with Gasteiger partial charge in [-0.1, -0.05) is 46.6 Å². The average Bonchev–Trinajstić information content (AvgIpc) is 2.67. The van der Waals surface area contributed by atoms with Gasteiger partial charge >= 0.3 is 0 Å². The molecule has 0 spiro atoms. The molecular formula is C20H33N5O4. The number of carbonyl (C=O) groups is 2. The molecule has 2 atom stereocenters. The van der Waals surface area contributed by atoms with E-state index in [4.69, 9.17) is 0 Å². The molecule has 1 rings (SSSR count).